The first-order valence-corrected chi connectivity index (χ1v) is 10.5. The highest BCUT2D eigenvalue weighted by Gasteiger charge is 2.35. The molecule has 0 saturated carbocycles. The first-order valence-electron chi connectivity index (χ1n) is 8.72. The monoisotopic (exact) mass is 404 g/mol. The minimum atomic E-state index is -3.20. The zero-order valence-electron chi connectivity index (χ0n) is 15.3. The summed E-state index contributed by atoms with van der Waals surface area (Å²) in [6, 6.07) is 12.7. The highest BCUT2D eigenvalue weighted by atomic mass is 32.2. The lowest BCUT2D eigenvalue weighted by molar-refractivity contribution is -0.385. The number of ether oxygens (including phenoxy) is 1. The molecule has 2 aromatic carbocycles. The van der Waals surface area contributed by atoms with Crippen LogP contribution in [0.15, 0.2) is 48.5 Å². The van der Waals surface area contributed by atoms with E-state index in [4.69, 9.17) is 4.74 Å². The number of nitrogens with zero attached hydrogens (tertiary/aromatic N) is 2. The lowest BCUT2D eigenvalue weighted by Crippen LogP contribution is -2.43. The van der Waals surface area contributed by atoms with E-state index >= 15 is 0 Å². The predicted octanol–water partition coefficient (Wildman–Crippen LogP) is 2.50. The molecule has 1 fully saturated rings. The number of nitro groups is 1. The number of para-hydroxylation sites is 1. The third-order valence-electron chi connectivity index (χ3n) is 4.54. The van der Waals surface area contributed by atoms with Crippen LogP contribution in [0.5, 0.6) is 5.75 Å². The van der Waals surface area contributed by atoms with Crippen LogP contribution < -0.4 is 9.64 Å². The Labute approximate surface area is 162 Å². The molecule has 2 aromatic rings. The van der Waals surface area contributed by atoms with Crippen LogP contribution in [0.25, 0.3) is 0 Å². The molecule has 1 saturated heterocycles. The van der Waals surface area contributed by atoms with E-state index in [1.165, 1.54) is 17.0 Å². The van der Waals surface area contributed by atoms with E-state index in [2.05, 4.69) is 0 Å². The molecular formula is C19H20N2O6S. The SMILES string of the molecule is Cc1ccc(OCC(=O)N(c2ccccc2)[C@@H]2CCS(=O)(=O)C2)c([N+](=O)[O-])c1. The third kappa shape index (κ3) is 4.48. The van der Waals surface area contributed by atoms with E-state index in [1.807, 2.05) is 0 Å². The Bertz CT molecular complexity index is 991. The van der Waals surface area contributed by atoms with Gasteiger partial charge in [0.25, 0.3) is 5.91 Å². The van der Waals surface area contributed by atoms with E-state index in [9.17, 15) is 23.3 Å². The highest BCUT2D eigenvalue weighted by Crippen LogP contribution is 2.29. The van der Waals surface area contributed by atoms with Crippen molar-refractivity contribution in [3.05, 3.63) is 64.2 Å². The molecule has 1 amide bonds. The minimum Gasteiger partial charge on any atom is -0.477 e. The van der Waals surface area contributed by atoms with Crippen LogP contribution >= 0.6 is 0 Å². The van der Waals surface area contributed by atoms with E-state index < -0.39 is 33.3 Å². The molecule has 9 heteroatoms. The summed E-state index contributed by atoms with van der Waals surface area (Å²) < 4.78 is 29.2. The van der Waals surface area contributed by atoms with Crippen LogP contribution in [0.1, 0.15) is 12.0 Å². The quantitative estimate of drug-likeness (QED) is 0.541. The van der Waals surface area contributed by atoms with Gasteiger partial charge in [-0.25, -0.2) is 8.42 Å². The number of anilines is 1. The van der Waals surface area contributed by atoms with E-state index in [1.54, 1.807) is 43.3 Å². The third-order valence-corrected chi connectivity index (χ3v) is 6.29. The Morgan fingerprint density at radius 1 is 1.25 bits per heavy atom. The molecule has 0 aromatic heterocycles. The lowest BCUT2D eigenvalue weighted by atomic mass is 10.2. The Hall–Kier alpha value is -2.94. The summed E-state index contributed by atoms with van der Waals surface area (Å²) in [5, 5.41) is 11.2. The van der Waals surface area contributed by atoms with Gasteiger partial charge >= 0.3 is 5.69 Å². The zero-order valence-corrected chi connectivity index (χ0v) is 16.1. The number of sulfone groups is 1. The van der Waals surface area contributed by atoms with Crippen LogP contribution in [0, 0.1) is 17.0 Å². The number of amides is 1. The Morgan fingerprint density at radius 2 is 1.96 bits per heavy atom. The number of rotatable bonds is 6. The van der Waals surface area contributed by atoms with Gasteiger partial charge in [-0.2, -0.15) is 0 Å². The van der Waals surface area contributed by atoms with Crippen molar-refractivity contribution in [3.63, 3.8) is 0 Å². The number of nitro benzene ring substituents is 1. The van der Waals surface area contributed by atoms with Gasteiger partial charge in [-0.3, -0.25) is 14.9 Å². The number of hydrogen-bond acceptors (Lipinski definition) is 6. The lowest BCUT2D eigenvalue weighted by Gasteiger charge is -2.28. The Kier molecular flexibility index (Phi) is 5.64. The molecule has 0 N–H and O–H groups in total. The molecule has 1 heterocycles. The summed E-state index contributed by atoms with van der Waals surface area (Å²) >= 11 is 0. The summed E-state index contributed by atoms with van der Waals surface area (Å²) in [6.45, 7) is 1.29. The molecule has 8 nitrogen and oxygen atoms in total. The maximum absolute atomic E-state index is 12.9. The maximum Gasteiger partial charge on any atom is 0.311 e. The summed E-state index contributed by atoms with van der Waals surface area (Å²) in [5.41, 5.74) is 1.05. The summed E-state index contributed by atoms with van der Waals surface area (Å²) in [4.78, 5) is 25.0. The molecule has 0 radical (unpaired) electrons. The van der Waals surface area contributed by atoms with Crippen LogP contribution in [-0.2, 0) is 14.6 Å². The number of aryl methyl sites for hydroxylation is 1. The molecule has 0 aliphatic carbocycles. The number of benzene rings is 2. The molecule has 1 aliphatic rings. The average Bonchev–Trinajstić information content (AvgIpc) is 3.01. The van der Waals surface area contributed by atoms with Gasteiger partial charge in [-0.1, -0.05) is 24.3 Å². The summed E-state index contributed by atoms with van der Waals surface area (Å²) in [7, 11) is -3.20. The standard InChI is InChI=1S/C19H20N2O6S/c1-14-7-8-18(17(11-14)21(23)24)27-12-19(22)20(15-5-3-2-4-6-15)16-9-10-28(25,26)13-16/h2-8,11,16H,9-10,12-13H2,1H3/t16-/m1/s1. The topological polar surface area (TPSA) is 107 Å². The van der Waals surface area contributed by atoms with Crippen molar-refractivity contribution in [1.82, 2.24) is 0 Å². The normalized spacial score (nSPS) is 17.8. The van der Waals surface area contributed by atoms with Crippen molar-refractivity contribution in [2.45, 2.75) is 19.4 Å². The van der Waals surface area contributed by atoms with Crippen LogP contribution in [0.4, 0.5) is 11.4 Å². The van der Waals surface area contributed by atoms with Crippen LogP contribution in [0.2, 0.25) is 0 Å². The van der Waals surface area contributed by atoms with Crippen molar-refractivity contribution < 1.29 is 22.9 Å². The van der Waals surface area contributed by atoms with E-state index in [0.717, 1.165) is 0 Å². The van der Waals surface area contributed by atoms with Gasteiger partial charge in [0.15, 0.2) is 22.2 Å². The van der Waals surface area contributed by atoms with Crippen molar-refractivity contribution >= 4 is 27.1 Å². The first kappa shape index (κ1) is 19.8. The second-order valence-electron chi connectivity index (χ2n) is 6.67. The maximum atomic E-state index is 12.9. The van der Waals surface area contributed by atoms with Gasteiger partial charge in [0.2, 0.25) is 0 Å². The van der Waals surface area contributed by atoms with Crippen molar-refractivity contribution in [2.24, 2.45) is 0 Å². The fourth-order valence-corrected chi connectivity index (χ4v) is 4.93. The second-order valence-corrected chi connectivity index (χ2v) is 8.90. The molecule has 28 heavy (non-hydrogen) atoms. The summed E-state index contributed by atoms with van der Waals surface area (Å²) in [6.07, 6.45) is 0.341. The molecule has 0 unspecified atom stereocenters. The first-order chi connectivity index (χ1) is 13.3. The van der Waals surface area contributed by atoms with Gasteiger partial charge in [0.05, 0.1) is 22.5 Å². The molecule has 0 spiro atoms. The van der Waals surface area contributed by atoms with Crippen LogP contribution in [-0.4, -0.2) is 43.4 Å². The minimum absolute atomic E-state index is 0.00370. The fraction of sp³-hybridized carbons (Fsp3) is 0.316. The molecular weight excluding hydrogens is 384 g/mol. The number of carbonyl (C=O) groups excluding carboxylic acids is 1. The van der Waals surface area contributed by atoms with E-state index in [-0.39, 0.29) is 22.9 Å². The van der Waals surface area contributed by atoms with Gasteiger partial charge in [0, 0.05) is 11.8 Å². The fourth-order valence-electron chi connectivity index (χ4n) is 3.23. The predicted molar refractivity (Wildman–Crippen MR) is 104 cm³/mol. The number of hydrogen-bond donors (Lipinski definition) is 0. The van der Waals surface area contributed by atoms with Gasteiger partial charge < -0.3 is 9.64 Å². The molecule has 1 aliphatic heterocycles. The van der Waals surface area contributed by atoms with Gasteiger partial charge in [0.1, 0.15) is 0 Å². The summed E-state index contributed by atoms with van der Waals surface area (Å²) in [5.74, 6) is -0.546. The van der Waals surface area contributed by atoms with Crippen LogP contribution in [0.3, 0.4) is 0 Å². The van der Waals surface area contributed by atoms with Crippen molar-refractivity contribution in [3.8, 4) is 5.75 Å². The largest absolute Gasteiger partial charge is 0.477 e. The Morgan fingerprint density at radius 3 is 2.57 bits per heavy atom. The highest BCUT2D eigenvalue weighted by molar-refractivity contribution is 7.91. The molecule has 3 rings (SSSR count). The zero-order chi connectivity index (χ0) is 20.3. The molecule has 0 bridgehead atoms. The Balaban J connectivity index is 1.82. The van der Waals surface area contributed by atoms with Crippen molar-refractivity contribution in [1.29, 1.82) is 0 Å². The van der Waals surface area contributed by atoms with Gasteiger partial charge in [-0.15, -0.1) is 0 Å². The molecule has 1 atom stereocenters. The van der Waals surface area contributed by atoms with Gasteiger partial charge in [-0.05, 0) is 37.1 Å². The average molecular weight is 404 g/mol. The van der Waals surface area contributed by atoms with Crippen molar-refractivity contribution in [2.75, 3.05) is 23.0 Å². The number of carbonyl (C=O) groups is 1. The smallest absolute Gasteiger partial charge is 0.311 e. The molecule has 148 valence electrons. The van der Waals surface area contributed by atoms with E-state index in [0.29, 0.717) is 17.7 Å². The second kappa shape index (κ2) is 7.97.